The van der Waals surface area contributed by atoms with Gasteiger partial charge in [-0.25, -0.2) is 4.39 Å². The predicted octanol–water partition coefficient (Wildman–Crippen LogP) is 2.43. The Balaban J connectivity index is 2.47. The van der Waals surface area contributed by atoms with Crippen LogP contribution in [0.5, 0.6) is 5.75 Å². The standard InChI is InChI=1S/C12H16FNO/c1-12(7-4-8-14-12)9-5-3-6-10(13)11(9)15-2/h3,5-6,14H,4,7-8H2,1-2H3. The molecule has 0 aromatic heterocycles. The zero-order valence-corrected chi connectivity index (χ0v) is 9.14. The molecule has 0 amide bonds. The van der Waals surface area contributed by atoms with E-state index in [0.29, 0.717) is 5.75 Å². The van der Waals surface area contributed by atoms with Crippen molar-refractivity contribution in [2.45, 2.75) is 25.3 Å². The van der Waals surface area contributed by atoms with Gasteiger partial charge in [-0.2, -0.15) is 0 Å². The maximum atomic E-state index is 13.5. The average Bonchev–Trinajstić information content (AvgIpc) is 2.66. The minimum atomic E-state index is -0.287. The highest BCUT2D eigenvalue weighted by molar-refractivity contribution is 5.40. The van der Waals surface area contributed by atoms with Crippen LogP contribution in [0.3, 0.4) is 0 Å². The van der Waals surface area contributed by atoms with E-state index in [-0.39, 0.29) is 11.4 Å². The van der Waals surface area contributed by atoms with Gasteiger partial charge in [0.25, 0.3) is 0 Å². The van der Waals surface area contributed by atoms with Crippen LogP contribution in [0.15, 0.2) is 18.2 Å². The fourth-order valence-electron chi connectivity index (χ4n) is 2.28. The van der Waals surface area contributed by atoms with Crippen molar-refractivity contribution in [1.29, 1.82) is 0 Å². The Bertz CT molecular complexity index is 359. The number of hydrogen-bond donors (Lipinski definition) is 1. The molecule has 1 N–H and O–H groups in total. The van der Waals surface area contributed by atoms with E-state index in [9.17, 15) is 4.39 Å². The molecule has 82 valence electrons. The van der Waals surface area contributed by atoms with Gasteiger partial charge in [-0.05, 0) is 32.4 Å². The van der Waals surface area contributed by atoms with E-state index in [1.54, 1.807) is 6.07 Å². The van der Waals surface area contributed by atoms with Crippen LogP contribution in [0.1, 0.15) is 25.3 Å². The topological polar surface area (TPSA) is 21.3 Å². The van der Waals surface area contributed by atoms with Crippen LogP contribution in [-0.2, 0) is 5.54 Å². The predicted molar refractivity (Wildman–Crippen MR) is 57.5 cm³/mol. The van der Waals surface area contributed by atoms with E-state index < -0.39 is 0 Å². The first-order valence-corrected chi connectivity index (χ1v) is 5.25. The van der Waals surface area contributed by atoms with E-state index >= 15 is 0 Å². The summed E-state index contributed by atoms with van der Waals surface area (Å²) in [6.45, 7) is 3.08. The van der Waals surface area contributed by atoms with Gasteiger partial charge in [0.1, 0.15) is 0 Å². The summed E-state index contributed by atoms with van der Waals surface area (Å²) in [5.41, 5.74) is 0.774. The van der Waals surface area contributed by atoms with Crippen LogP contribution in [0.2, 0.25) is 0 Å². The minimum absolute atomic E-state index is 0.145. The molecule has 1 unspecified atom stereocenters. The summed E-state index contributed by atoms with van der Waals surface area (Å²) in [7, 11) is 1.51. The normalized spacial score (nSPS) is 25.5. The van der Waals surface area contributed by atoms with Gasteiger partial charge in [-0.1, -0.05) is 12.1 Å². The highest BCUT2D eigenvalue weighted by Gasteiger charge is 2.33. The van der Waals surface area contributed by atoms with Crippen LogP contribution in [0, 0.1) is 5.82 Å². The lowest BCUT2D eigenvalue weighted by molar-refractivity contribution is 0.351. The highest BCUT2D eigenvalue weighted by atomic mass is 19.1. The minimum Gasteiger partial charge on any atom is -0.493 e. The summed E-state index contributed by atoms with van der Waals surface area (Å²) in [5, 5.41) is 3.40. The molecule has 1 fully saturated rings. The smallest absolute Gasteiger partial charge is 0.165 e. The molecule has 1 aromatic rings. The second kappa shape index (κ2) is 3.81. The molecule has 0 bridgehead atoms. The quantitative estimate of drug-likeness (QED) is 0.807. The molecule has 0 radical (unpaired) electrons. The van der Waals surface area contributed by atoms with E-state index in [1.165, 1.54) is 13.2 Å². The fourth-order valence-corrected chi connectivity index (χ4v) is 2.28. The number of ether oxygens (including phenoxy) is 1. The summed E-state index contributed by atoms with van der Waals surface area (Å²) < 4.78 is 18.7. The van der Waals surface area contributed by atoms with E-state index in [4.69, 9.17) is 4.74 Å². The van der Waals surface area contributed by atoms with Gasteiger partial charge in [0.15, 0.2) is 11.6 Å². The van der Waals surface area contributed by atoms with E-state index in [0.717, 1.165) is 24.9 Å². The molecule has 1 atom stereocenters. The van der Waals surface area contributed by atoms with Crippen LogP contribution in [0.25, 0.3) is 0 Å². The van der Waals surface area contributed by atoms with Crippen LogP contribution >= 0.6 is 0 Å². The lowest BCUT2D eigenvalue weighted by atomic mass is 9.89. The Morgan fingerprint density at radius 3 is 2.87 bits per heavy atom. The molecule has 1 aliphatic rings. The summed E-state index contributed by atoms with van der Waals surface area (Å²) in [6.07, 6.45) is 2.14. The Hall–Kier alpha value is -1.09. The fraction of sp³-hybridized carbons (Fsp3) is 0.500. The molecule has 2 rings (SSSR count). The van der Waals surface area contributed by atoms with Gasteiger partial charge in [-0.15, -0.1) is 0 Å². The molecular weight excluding hydrogens is 193 g/mol. The molecule has 1 aromatic carbocycles. The van der Waals surface area contributed by atoms with E-state index in [2.05, 4.69) is 12.2 Å². The van der Waals surface area contributed by atoms with Gasteiger partial charge in [-0.3, -0.25) is 0 Å². The van der Waals surface area contributed by atoms with Gasteiger partial charge in [0.2, 0.25) is 0 Å². The van der Waals surface area contributed by atoms with Crippen LogP contribution < -0.4 is 10.1 Å². The van der Waals surface area contributed by atoms with Gasteiger partial charge in [0.05, 0.1) is 7.11 Å². The highest BCUT2D eigenvalue weighted by Crippen LogP contribution is 2.37. The molecule has 0 spiro atoms. The molecular formula is C12H16FNO. The van der Waals surface area contributed by atoms with Gasteiger partial charge >= 0.3 is 0 Å². The van der Waals surface area contributed by atoms with Crippen molar-refractivity contribution >= 4 is 0 Å². The molecule has 0 aliphatic carbocycles. The zero-order chi connectivity index (χ0) is 10.9. The van der Waals surface area contributed by atoms with Crippen molar-refractivity contribution < 1.29 is 9.13 Å². The Morgan fingerprint density at radius 2 is 2.27 bits per heavy atom. The first kappa shape index (κ1) is 10.4. The molecule has 15 heavy (non-hydrogen) atoms. The third-order valence-electron chi connectivity index (χ3n) is 3.13. The first-order valence-electron chi connectivity index (χ1n) is 5.25. The summed E-state index contributed by atoms with van der Waals surface area (Å²) in [4.78, 5) is 0. The molecule has 1 heterocycles. The molecule has 0 saturated carbocycles. The number of halogens is 1. The molecule has 1 saturated heterocycles. The largest absolute Gasteiger partial charge is 0.493 e. The molecule has 2 nitrogen and oxygen atoms in total. The number of hydrogen-bond acceptors (Lipinski definition) is 2. The van der Waals surface area contributed by atoms with Crippen molar-refractivity contribution in [1.82, 2.24) is 5.32 Å². The Morgan fingerprint density at radius 1 is 1.47 bits per heavy atom. The summed E-state index contributed by atoms with van der Waals surface area (Å²) >= 11 is 0. The third kappa shape index (κ3) is 1.72. The SMILES string of the molecule is COc1c(F)cccc1C1(C)CCCN1. The Labute approximate surface area is 89.4 Å². The monoisotopic (exact) mass is 209 g/mol. The second-order valence-electron chi connectivity index (χ2n) is 4.18. The van der Waals surface area contributed by atoms with Crippen molar-refractivity contribution in [3.8, 4) is 5.75 Å². The molecule has 3 heteroatoms. The summed E-state index contributed by atoms with van der Waals surface area (Å²) in [5.74, 6) is 0.0827. The van der Waals surface area contributed by atoms with Gasteiger partial charge in [0, 0.05) is 11.1 Å². The summed E-state index contributed by atoms with van der Waals surface area (Å²) in [6, 6.07) is 5.10. The number of methoxy groups -OCH3 is 1. The zero-order valence-electron chi connectivity index (χ0n) is 9.14. The van der Waals surface area contributed by atoms with Gasteiger partial charge < -0.3 is 10.1 Å². The average molecular weight is 209 g/mol. The van der Waals surface area contributed by atoms with Crippen molar-refractivity contribution in [2.24, 2.45) is 0 Å². The maximum absolute atomic E-state index is 13.5. The Kier molecular flexibility index (Phi) is 2.65. The number of rotatable bonds is 2. The second-order valence-corrected chi connectivity index (χ2v) is 4.18. The maximum Gasteiger partial charge on any atom is 0.165 e. The first-order chi connectivity index (χ1) is 7.17. The number of benzene rings is 1. The number of nitrogens with one attached hydrogen (secondary N) is 1. The number of para-hydroxylation sites is 1. The lowest BCUT2D eigenvalue weighted by Gasteiger charge is -2.27. The van der Waals surface area contributed by atoms with Crippen LogP contribution in [-0.4, -0.2) is 13.7 Å². The van der Waals surface area contributed by atoms with Crippen molar-refractivity contribution in [3.05, 3.63) is 29.6 Å². The van der Waals surface area contributed by atoms with Crippen molar-refractivity contribution in [2.75, 3.05) is 13.7 Å². The lowest BCUT2D eigenvalue weighted by Crippen LogP contribution is -2.33. The van der Waals surface area contributed by atoms with Crippen molar-refractivity contribution in [3.63, 3.8) is 0 Å². The third-order valence-corrected chi connectivity index (χ3v) is 3.13. The van der Waals surface area contributed by atoms with E-state index in [1.807, 2.05) is 6.07 Å². The van der Waals surface area contributed by atoms with Crippen LogP contribution in [0.4, 0.5) is 4.39 Å². The molecule has 1 aliphatic heterocycles.